The molecule has 2 rings (SSSR count). The average molecular weight is 141 g/mol. The SMILES string of the molecule is CN1CCOCC1C1CC1. The summed E-state index contributed by atoms with van der Waals surface area (Å²) in [5.41, 5.74) is 0. The van der Waals surface area contributed by atoms with E-state index in [1.54, 1.807) is 0 Å². The lowest BCUT2D eigenvalue weighted by Gasteiger charge is -2.32. The molecule has 1 aliphatic carbocycles. The Morgan fingerprint density at radius 1 is 1.40 bits per heavy atom. The van der Waals surface area contributed by atoms with Crippen LogP contribution >= 0.6 is 0 Å². The van der Waals surface area contributed by atoms with Crippen LogP contribution in [0.25, 0.3) is 0 Å². The van der Waals surface area contributed by atoms with Crippen LogP contribution in [0, 0.1) is 5.92 Å². The zero-order valence-corrected chi connectivity index (χ0v) is 6.55. The fourth-order valence-electron chi connectivity index (χ4n) is 1.68. The highest BCUT2D eigenvalue weighted by atomic mass is 16.5. The van der Waals surface area contributed by atoms with Crippen molar-refractivity contribution in [1.82, 2.24) is 4.90 Å². The lowest BCUT2D eigenvalue weighted by atomic mass is 10.1. The Labute approximate surface area is 62.2 Å². The third kappa shape index (κ3) is 1.18. The van der Waals surface area contributed by atoms with Gasteiger partial charge >= 0.3 is 0 Å². The number of likely N-dealkylation sites (N-methyl/N-ethyl adjacent to an activating group) is 1. The third-order valence-electron chi connectivity index (χ3n) is 2.61. The minimum Gasteiger partial charge on any atom is -0.378 e. The van der Waals surface area contributed by atoms with E-state index in [4.69, 9.17) is 4.74 Å². The molecule has 10 heavy (non-hydrogen) atoms. The molecule has 0 radical (unpaired) electrons. The molecule has 0 bridgehead atoms. The highest BCUT2D eigenvalue weighted by Gasteiger charge is 2.35. The van der Waals surface area contributed by atoms with Gasteiger partial charge in [0.1, 0.15) is 0 Å². The molecular weight excluding hydrogens is 126 g/mol. The van der Waals surface area contributed by atoms with Crippen LogP contribution in [0.1, 0.15) is 12.8 Å². The summed E-state index contributed by atoms with van der Waals surface area (Å²) in [6.45, 7) is 3.03. The molecule has 1 saturated carbocycles. The van der Waals surface area contributed by atoms with Crippen LogP contribution in [0.2, 0.25) is 0 Å². The quantitative estimate of drug-likeness (QED) is 0.533. The predicted octanol–water partition coefficient (Wildman–Crippen LogP) is 0.727. The van der Waals surface area contributed by atoms with Gasteiger partial charge in [-0.25, -0.2) is 0 Å². The van der Waals surface area contributed by atoms with Crippen molar-refractivity contribution in [3.63, 3.8) is 0 Å². The first-order valence-corrected chi connectivity index (χ1v) is 4.16. The van der Waals surface area contributed by atoms with Gasteiger partial charge in [0.05, 0.1) is 13.2 Å². The van der Waals surface area contributed by atoms with E-state index >= 15 is 0 Å². The van der Waals surface area contributed by atoms with Crippen molar-refractivity contribution in [3.05, 3.63) is 0 Å². The van der Waals surface area contributed by atoms with Gasteiger partial charge < -0.3 is 4.74 Å². The predicted molar refractivity (Wildman–Crippen MR) is 40.0 cm³/mol. The minimum atomic E-state index is 0.744. The van der Waals surface area contributed by atoms with Gasteiger partial charge in [0.2, 0.25) is 0 Å². The van der Waals surface area contributed by atoms with Crippen molar-refractivity contribution in [3.8, 4) is 0 Å². The van der Waals surface area contributed by atoms with Gasteiger partial charge in [0.25, 0.3) is 0 Å². The van der Waals surface area contributed by atoms with Gasteiger partial charge in [-0.1, -0.05) is 0 Å². The maximum atomic E-state index is 5.41. The summed E-state index contributed by atoms with van der Waals surface area (Å²) >= 11 is 0. The second-order valence-corrected chi connectivity index (χ2v) is 3.46. The van der Waals surface area contributed by atoms with Gasteiger partial charge in [-0.2, -0.15) is 0 Å². The second-order valence-electron chi connectivity index (χ2n) is 3.46. The zero-order valence-electron chi connectivity index (χ0n) is 6.55. The van der Waals surface area contributed by atoms with E-state index in [1.807, 2.05) is 0 Å². The van der Waals surface area contributed by atoms with E-state index in [0.717, 1.165) is 31.7 Å². The van der Waals surface area contributed by atoms with Crippen molar-refractivity contribution < 1.29 is 4.74 Å². The second kappa shape index (κ2) is 2.51. The number of ether oxygens (including phenoxy) is 1. The molecular formula is C8H15NO. The van der Waals surface area contributed by atoms with Crippen LogP contribution in [-0.4, -0.2) is 37.7 Å². The number of morpholine rings is 1. The molecule has 1 atom stereocenters. The maximum Gasteiger partial charge on any atom is 0.0625 e. The van der Waals surface area contributed by atoms with Crippen LogP contribution in [0.3, 0.4) is 0 Å². The number of hydrogen-bond donors (Lipinski definition) is 0. The summed E-state index contributed by atoms with van der Waals surface area (Å²) in [5.74, 6) is 0.963. The van der Waals surface area contributed by atoms with Crippen LogP contribution in [-0.2, 0) is 4.74 Å². The molecule has 0 aromatic heterocycles. The van der Waals surface area contributed by atoms with Gasteiger partial charge in [-0.05, 0) is 25.8 Å². The molecule has 2 fully saturated rings. The maximum absolute atomic E-state index is 5.41. The Balaban J connectivity index is 1.90. The molecule has 1 saturated heterocycles. The molecule has 2 aliphatic rings. The monoisotopic (exact) mass is 141 g/mol. The average Bonchev–Trinajstić information content (AvgIpc) is 2.71. The number of nitrogens with zero attached hydrogens (tertiary/aromatic N) is 1. The normalized spacial score (nSPS) is 36.3. The minimum absolute atomic E-state index is 0.744. The van der Waals surface area contributed by atoms with Crippen molar-refractivity contribution in [2.75, 3.05) is 26.8 Å². The largest absolute Gasteiger partial charge is 0.378 e. The number of rotatable bonds is 1. The topological polar surface area (TPSA) is 12.5 Å². The Morgan fingerprint density at radius 3 is 2.80 bits per heavy atom. The molecule has 0 N–H and O–H groups in total. The molecule has 2 nitrogen and oxygen atoms in total. The smallest absolute Gasteiger partial charge is 0.0625 e. The van der Waals surface area contributed by atoms with E-state index < -0.39 is 0 Å². The molecule has 58 valence electrons. The Bertz CT molecular complexity index is 122. The molecule has 0 amide bonds. The number of hydrogen-bond acceptors (Lipinski definition) is 2. The molecule has 0 spiro atoms. The van der Waals surface area contributed by atoms with Crippen LogP contribution in [0.5, 0.6) is 0 Å². The van der Waals surface area contributed by atoms with Gasteiger partial charge in [-0.15, -0.1) is 0 Å². The Morgan fingerprint density at radius 2 is 2.20 bits per heavy atom. The van der Waals surface area contributed by atoms with Gasteiger partial charge in [-0.3, -0.25) is 4.90 Å². The molecule has 2 heteroatoms. The van der Waals surface area contributed by atoms with E-state index in [0.29, 0.717) is 0 Å². The summed E-state index contributed by atoms with van der Waals surface area (Å²) in [5, 5.41) is 0. The zero-order chi connectivity index (χ0) is 6.97. The lowest BCUT2D eigenvalue weighted by molar-refractivity contribution is -0.00227. The van der Waals surface area contributed by atoms with Crippen LogP contribution in [0.15, 0.2) is 0 Å². The lowest BCUT2D eigenvalue weighted by Crippen LogP contribution is -2.43. The van der Waals surface area contributed by atoms with Crippen molar-refractivity contribution in [1.29, 1.82) is 0 Å². The van der Waals surface area contributed by atoms with E-state index in [1.165, 1.54) is 12.8 Å². The fourth-order valence-corrected chi connectivity index (χ4v) is 1.68. The van der Waals surface area contributed by atoms with Crippen LogP contribution < -0.4 is 0 Å². The highest BCUT2D eigenvalue weighted by molar-refractivity contribution is 4.88. The first-order valence-electron chi connectivity index (χ1n) is 4.16. The van der Waals surface area contributed by atoms with E-state index in [2.05, 4.69) is 11.9 Å². The molecule has 1 heterocycles. The summed E-state index contributed by atoms with van der Waals surface area (Å²) in [6.07, 6.45) is 2.86. The standard InChI is InChI=1S/C8H15NO/c1-9-4-5-10-6-8(9)7-2-3-7/h7-8H,2-6H2,1H3. The molecule has 0 aromatic carbocycles. The molecule has 0 aromatic rings. The first-order chi connectivity index (χ1) is 4.88. The third-order valence-corrected chi connectivity index (χ3v) is 2.61. The summed E-state index contributed by atoms with van der Waals surface area (Å²) < 4.78 is 5.41. The Hall–Kier alpha value is -0.0800. The van der Waals surface area contributed by atoms with E-state index in [-0.39, 0.29) is 0 Å². The van der Waals surface area contributed by atoms with Crippen molar-refractivity contribution in [2.24, 2.45) is 5.92 Å². The Kier molecular flexibility index (Phi) is 1.66. The first kappa shape index (κ1) is 6.62. The summed E-state index contributed by atoms with van der Waals surface area (Å²) in [4.78, 5) is 2.45. The van der Waals surface area contributed by atoms with Gasteiger partial charge in [0, 0.05) is 12.6 Å². The highest BCUT2D eigenvalue weighted by Crippen LogP contribution is 2.35. The molecule has 1 aliphatic heterocycles. The summed E-state index contributed by atoms with van der Waals surface area (Å²) in [6, 6.07) is 0.744. The van der Waals surface area contributed by atoms with Crippen molar-refractivity contribution >= 4 is 0 Å². The molecule has 1 unspecified atom stereocenters. The fraction of sp³-hybridized carbons (Fsp3) is 1.00. The van der Waals surface area contributed by atoms with Crippen LogP contribution in [0.4, 0.5) is 0 Å². The van der Waals surface area contributed by atoms with Gasteiger partial charge in [0.15, 0.2) is 0 Å². The van der Waals surface area contributed by atoms with Crippen molar-refractivity contribution in [2.45, 2.75) is 18.9 Å². The van der Waals surface area contributed by atoms with E-state index in [9.17, 15) is 0 Å². The summed E-state index contributed by atoms with van der Waals surface area (Å²) in [7, 11) is 2.21.